The maximum Gasteiger partial charge on any atom is 0.326 e. The topological polar surface area (TPSA) is 336 Å². The van der Waals surface area contributed by atoms with Crippen molar-refractivity contribution in [2.75, 3.05) is 6.54 Å². The van der Waals surface area contributed by atoms with E-state index >= 15 is 0 Å². The van der Waals surface area contributed by atoms with Crippen LogP contribution < -0.4 is 49.1 Å². The highest BCUT2D eigenvalue weighted by Gasteiger charge is 2.35. The van der Waals surface area contributed by atoms with Crippen LogP contribution in [0.25, 0.3) is 0 Å². The minimum Gasteiger partial charge on any atom is -0.480 e. The fourth-order valence-electron chi connectivity index (χ4n) is 5.39. The van der Waals surface area contributed by atoms with E-state index in [1.54, 1.807) is 27.7 Å². The molecular formula is C35H61N11O9. The van der Waals surface area contributed by atoms with Gasteiger partial charge in [0.2, 0.25) is 41.4 Å². The van der Waals surface area contributed by atoms with Gasteiger partial charge in [0.15, 0.2) is 0 Å². The molecule has 310 valence electrons. The average Bonchev–Trinajstić information content (AvgIpc) is 3.60. The van der Waals surface area contributed by atoms with Crippen molar-refractivity contribution in [1.82, 2.24) is 41.9 Å². The van der Waals surface area contributed by atoms with Gasteiger partial charge in [0, 0.05) is 18.3 Å². The van der Waals surface area contributed by atoms with Gasteiger partial charge in [-0.05, 0) is 56.9 Å². The Morgan fingerprint density at radius 1 is 0.709 bits per heavy atom. The third-order valence-electron chi connectivity index (χ3n) is 8.52. The van der Waals surface area contributed by atoms with Crippen molar-refractivity contribution < 1.29 is 43.5 Å². The van der Waals surface area contributed by atoms with Gasteiger partial charge in [0.1, 0.15) is 36.3 Å². The lowest BCUT2D eigenvalue weighted by molar-refractivity contribution is -0.144. The van der Waals surface area contributed by atoms with E-state index in [1.165, 1.54) is 19.4 Å². The van der Waals surface area contributed by atoms with Crippen LogP contribution >= 0.6 is 0 Å². The Bertz CT molecular complexity index is 1450. The SMILES string of the molecule is CC(C)C[C@H](N)C(=O)N[C@@H](CCCCN)C(=O)N[C@@H](Cc1cnc[nH]1)C(=O)N[C@@H](C)C(=O)N[C@H](C(=O)N[C@H](C(=O)N[C@@H](CC(N)=O)C(=O)O)C(C)C)C(C)C. The van der Waals surface area contributed by atoms with Gasteiger partial charge in [-0.25, -0.2) is 9.78 Å². The van der Waals surface area contributed by atoms with Gasteiger partial charge in [0.05, 0.1) is 18.8 Å². The molecule has 20 heteroatoms. The third kappa shape index (κ3) is 17.3. The summed E-state index contributed by atoms with van der Waals surface area (Å²) in [4.78, 5) is 110. The Balaban J connectivity index is 3.15. The largest absolute Gasteiger partial charge is 0.480 e. The quantitative estimate of drug-likeness (QED) is 0.0465. The number of carbonyl (C=O) groups excluding carboxylic acids is 7. The number of aromatic amines is 1. The molecule has 0 aliphatic rings. The number of amides is 7. The maximum atomic E-state index is 13.6. The van der Waals surface area contributed by atoms with Gasteiger partial charge in [-0.2, -0.15) is 0 Å². The lowest BCUT2D eigenvalue weighted by Crippen LogP contribution is -2.61. The number of nitrogens with one attached hydrogen (secondary N) is 7. The van der Waals surface area contributed by atoms with Crippen LogP contribution in [-0.4, -0.2) is 111 Å². The number of carbonyl (C=O) groups is 8. The first kappa shape index (κ1) is 47.9. The number of nitrogens with zero attached hydrogens (tertiary/aromatic N) is 1. The van der Waals surface area contributed by atoms with Gasteiger partial charge in [-0.1, -0.05) is 41.5 Å². The minimum atomic E-state index is -1.62. The normalized spacial score (nSPS) is 15.1. The predicted molar refractivity (Wildman–Crippen MR) is 201 cm³/mol. The van der Waals surface area contributed by atoms with Gasteiger partial charge in [0.25, 0.3) is 0 Å². The minimum absolute atomic E-state index is 0.0555. The van der Waals surface area contributed by atoms with E-state index in [9.17, 15) is 43.5 Å². The van der Waals surface area contributed by atoms with Crippen LogP contribution in [0.15, 0.2) is 12.5 Å². The van der Waals surface area contributed by atoms with Crippen LogP contribution in [0.2, 0.25) is 0 Å². The number of aromatic nitrogens is 2. The summed E-state index contributed by atoms with van der Waals surface area (Å²) < 4.78 is 0. The number of imidazole rings is 1. The Kier molecular flexibility index (Phi) is 20.6. The molecule has 1 aromatic rings. The van der Waals surface area contributed by atoms with E-state index in [2.05, 4.69) is 41.9 Å². The van der Waals surface area contributed by atoms with Gasteiger partial charge >= 0.3 is 5.97 Å². The van der Waals surface area contributed by atoms with Gasteiger partial charge < -0.3 is 59.2 Å². The Labute approximate surface area is 321 Å². The molecule has 0 aliphatic heterocycles. The molecule has 7 amide bonds. The Hall–Kier alpha value is -5.11. The first-order chi connectivity index (χ1) is 25.7. The number of rotatable bonds is 25. The van der Waals surface area contributed by atoms with Gasteiger partial charge in [-0.3, -0.25) is 33.6 Å². The van der Waals surface area contributed by atoms with E-state index in [-0.39, 0.29) is 18.8 Å². The number of hydrogen-bond acceptors (Lipinski definition) is 11. The van der Waals surface area contributed by atoms with E-state index in [0.717, 1.165) is 0 Å². The number of carboxylic acids is 1. The van der Waals surface area contributed by atoms with Gasteiger partial charge in [-0.15, -0.1) is 0 Å². The molecule has 1 aromatic heterocycles. The standard InChI is InChI=1S/C35H61N11O9/c1-17(2)12-22(37)30(49)42-23(10-8-9-11-36)31(50)43-24(13-21-15-39-16-40-21)32(51)41-20(7)29(48)45-28(19(5)6)34(53)46-27(18(3)4)33(52)44-25(35(54)55)14-26(38)47/h15-20,22-25,27-28H,8-14,36-37H2,1-7H3,(H2,38,47)(H,39,40)(H,41,51)(H,42,49)(H,43,50)(H,44,52)(H,45,48)(H,46,53)(H,54,55)/t20-,22-,23-,24-,25-,27-,28-/m0/s1. The van der Waals surface area contributed by atoms with Crippen LogP contribution in [0, 0.1) is 17.8 Å². The molecule has 0 saturated heterocycles. The average molecular weight is 780 g/mol. The second-order valence-corrected chi connectivity index (χ2v) is 14.7. The third-order valence-corrected chi connectivity index (χ3v) is 8.52. The summed E-state index contributed by atoms with van der Waals surface area (Å²) in [5, 5.41) is 24.7. The second-order valence-electron chi connectivity index (χ2n) is 14.7. The summed E-state index contributed by atoms with van der Waals surface area (Å²) in [5.41, 5.74) is 17.3. The van der Waals surface area contributed by atoms with Crippen LogP contribution in [0.1, 0.15) is 86.3 Å². The molecule has 0 aliphatic carbocycles. The monoisotopic (exact) mass is 779 g/mol. The first-order valence-corrected chi connectivity index (χ1v) is 18.4. The predicted octanol–water partition coefficient (Wildman–Crippen LogP) is -2.34. The van der Waals surface area contributed by atoms with E-state index < -0.39 is 108 Å². The van der Waals surface area contributed by atoms with Crippen molar-refractivity contribution in [3.05, 3.63) is 18.2 Å². The summed E-state index contributed by atoms with van der Waals surface area (Å²) in [6.45, 7) is 12.1. The van der Waals surface area contributed by atoms with Crippen molar-refractivity contribution >= 4 is 47.3 Å². The lowest BCUT2D eigenvalue weighted by atomic mass is 9.99. The summed E-state index contributed by atoms with van der Waals surface area (Å²) in [7, 11) is 0. The number of H-pyrrole nitrogens is 1. The number of aliphatic carboxylic acids is 1. The molecule has 0 radical (unpaired) electrons. The molecule has 20 nitrogen and oxygen atoms in total. The zero-order valence-electron chi connectivity index (χ0n) is 32.8. The molecule has 0 spiro atoms. The van der Waals surface area contributed by atoms with E-state index in [0.29, 0.717) is 31.5 Å². The second kappa shape index (κ2) is 23.6. The molecule has 0 fully saturated rings. The fourth-order valence-corrected chi connectivity index (χ4v) is 5.39. The fraction of sp³-hybridized carbons (Fsp3) is 0.686. The molecule has 1 rings (SSSR count). The number of hydrogen-bond donors (Lipinski definition) is 11. The number of nitrogens with two attached hydrogens (primary N) is 3. The van der Waals surface area contributed by atoms with Crippen molar-refractivity contribution in [2.24, 2.45) is 35.0 Å². The smallest absolute Gasteiger partial charge is 0.326 e. The Morgan fingerprint density at radius 2 is 1.24 bits per heavy atom. The molecule has 0 saturated carbocycles. The summed E-state index contributed by atoms with van der Waals surface area (Å²) >= 11 is 0. The highest BCUT2D eigenvalue weighted by molar-refractivity contribution is 5.97. The Morgan fingerprint density at radius 3 is 1.73 bits per heavy atom. The molecule has 7 atom stereocenters. The van der Waals surface area contributed by atoms with Crippen LogP contribution in [-0.2, 0) is 44.8 Å². The highest BCUT2D eigenvalue weighted by Crippen LogP contribution is 2.10. The van der Waals surface area contributed by atoms with E-state index in [1.807, 2.05) is 13.8 Å². The lowest BCUT2D eigenvalue weighted by Gasteiger charge is -2.29. The van der Waals surface area contributed by atoms with Crippen molar-refractivity contribution in [1.29, 1.82) is 0 Å². The van der Waals surface area contributed by atoms with Crippen LogP contribution in [0.4, 0.5) is 0 Å². The molecule has 0 bridgehead atoms. The zero-order chi connectivity index (χ0) is 42.0. The highest BCUT2D eigenvalue weighted by atomic mass is 16.4. The van der Waals surface area contributed by atoms with Crippen molar-refractivity contribution in [2.45, 2.75) is 129 Å². The first-order valence-electron chi connectivity index (χ1n) is 18.4. The summed E-state index contributed by atoms with van der Waals surface area (Å²) in [6, 6.07) is -8.43. The molecule has 1 heterocycles. The van der Waals surface area contributed by atoms with Crippen molar-refractivity contribution in [3.63, 3.8) is 0 Å². The molecule has 0 unspecified atom stereocenters. The number of carboxylic acid groups (broad SMARTS) is 1. The van der Waals surface area contributed by atoms with E-state index in [4.69, 9.17) is 17.2 Å². The van der Waals surface area contributed by atoms with Crippen molar-refractivity contribution in [3.8, 4) is 0 Å². The summed E-state index contributed by atoms with van der Waals surface area (Å²) in [5.74, 6) is -7.70. The molecule has 0 aromatic carbocycles. The molecule has 55 heavy (non-hydrogen) atoms. The number of primary amides is 1. The van der Waals surface area contributed by atoms with Crippen LogP contribution in [0.5, 0.6) is 0 Å². The number of unbranched alkanes of at least 4 members (excludes halogenated alkanes) is 1. The van der Waals surface area contributed by atoms with Crippen LogP contribution in [0.3, 0.4) is 0 Å². The molecular weight excluding hydrogens is 718 g/mol. The zero-order valence-corrected chi connectivity index (χ0v) is 32.8. The molecule has 14 N–H and O–H groups in total. The maximum absolute atomic E-state index is 13.6. The summed E-state index contributed by atoms with van der Waals surface area (Å²) in [6.07, 6.45) is 3.85.